The van der Waals surface area contributed by atoms with Gasteiger partial charge in [0, 0.05) is 18.7 Å². The molecule has 0 spiro atoms. The summed E-state index contributed by atoms with van der Waals surface area (Å²) in [6.45, 7) is 0.337. The number of nitrogens with zero attached hydrogens (tertiary/aromatic N) is 1. The molecule has 0 saturated heterocycles. The fourth-order valence-electron chi connectivity index (χ4n) is 1.42. The Hall–Kier alpha value is -2.08. The average Bonchev–Trinajstić information content (AvgIpc) is 2.79. The first-order valence-electron chi connectivity index (χ1n) is 5.39. The van der Waals surface area contributed by atoms with Gasteiger partial charge in [-0.25, -0.2) is 4.79 Å². The van der Waals surface area contributed by atoms with Crippen LogP contribution >= 0.6 is 0 Å². The molecule has 1 amide bonds. The Kier molecular flexibility index (Phi) is 5.13. The van der Waals surface area contributed by atoms with Gasteiger partial charge in [0.2, 0.25) is 5.91 Å². The third-order valence-corrected chi connectivity index (χ3v) is 2.34. The van der Waals surface area contributed by atoms with Crippen molar-refractivity contribution >= 4 is 11.9 Å². The Labute approximate surface area is 105 Å². The van der Waals surface area contributed by atoms with Crippen LogP contribution in [0.25, 0.3) is 0 Å². The molecule has 0 aliphatic heterocycles. The zero-order valence-electron chi connectivity index (χ0n) is 10.3. The van der Waals surface area contributed by atoms with Crippen molar-refractivity contribution < 1.29 is 19.1 Å². The van der Waals surface area contributed by atoms with Crippen LogP contribution in [0.4, 0.5) is 0 Å². The predicted octanol–water partition coefficient (Wildman–Crippen LogP) is 0.639. The Bertz CT molecular complexity index is 423. The van der Waals surface area contributed by atoms with E-state index < -0.39 is 11.9 Å². The molecule has 0 aliphatic carbocycles. The van der Waals surface area contributed by atoms with Gasteiger partial charge in [-0.3, -0.25) is 9.69 Å². The van der Waals surface area contributed by atoms with Gasteiger partial charge in [0.15, 0.2) is 0 Å². The van der Waals surface area contributed by atoms with E-state index >= 15 is 0 Å². The van der Waals surface area contributed by atoms with Gasteiger partial charge < -0.3 is 14.8 Å². The van der Waals surface area contributed by atoms with Crippen LogP contribution in [0.5, 0.6) is 0 Å². The molecule has 6 heteroatoms. The van der Waals surface area contributed by atoms with Crippen molar-refractivity contribution in [1.29, 1.82) is 0 Å². The van der Waals surface area contributed by atoms with E-state index in [9.17, 15) is 9.59 Å². The molecule has 18 heavy (non-hydrogen) atoms. The van der Waals surface area contributed by atoms with Crippen molar-refractivity contribution in [3.63, 3.8) is 0 Å². The molecule has 0 aromatic carbocycles. The fraction of sp³-hybridized carbons (Fsp3) is 0.333. The summed E-state index contributed by atoms with van der Waals surface area (Å²) in [5.41, 5.74) is 0. The van der Waals surface area contributed by atoms with E-state index in [4.69, 9.17) is 9.52 Å². The van der Waals surface area contributed by atoms with Crippen LogP contribution < -0.4 is 5.32 Å². The normalized spacial score (nSPS) is 12.8. The van der Waals surface area contributed by atoms with E-state index in [0.717, 1.165) is 17.9 Å². The number of rotatable bonds is 6. The first kappa shape index (κ1) is 14.0. The van der Waals surface area contributed by atoms with Crippen molar-refractivity contribution in [3.8, 4) is 0 Å². The van der Waals surface area contributed by atoms with Gasteiger partial charge in [0.1, 0.15) is 5.76 Å². The second-order valence-corrected chi connectivity index (χ2v) is 3.91. The van der Waals surface area contributed by atoms with Crippen molar-refractivity contribution in [1.82, 2.24) is 10.2 Å². The lowest BCUT2D eigenvalue weighted by Crippen LogP contribution is -2.33. The molecule has 98 valence electrons. The number of amides is 1. The van der Waals surface area contributed by atoms with Crippen LogP contribution in [-0.4, -0.2) is 42.5 Å². The minimum absolute atomic E-state index is 0.0952. The smallest absolute Gasteiger partial charge is 0.328 e. The van der Waals surface area contributed by atoms with Gasteiger partial charge >= 0.3 is 5.97 Å². The van der Waals surface area contributed by atoms with E-state index in [1.54, 1.807) is 12.3 Å². The van der Waals surface area contributed by atoms with Crippen LogP contribution in [0, 0.1) is 0 Å². The highest BCUT2D eigenvalue weighted by molar-refractivity contribution is 5.93. The highest BCUT2D eigenvalue weighted by atomic mass is 16.4. The molecule has 1 heterocycles. The van der Waals surface area contributed by atoms with Crippen molar-refractivity contribution in [2.45, 2.75) is 6.04 Å². The molecule has 6 nitrogen and oxygen atoms in total. The molecule has 0 radical (unpaired) electrons. The summed E-state index contributed by atoms with van der Waals surface area (Å²) in [5, 5.41) is 11.0. The molecule has 0 fully saturated rings. The summed E-state index contributed by atoms with van der Waals surface area (Å²) < 4.78 is 5.28. The molecule has 1 unspecified atom stereocenters. The second-order valence-electron chi connectivity index (χ2n) is 3.91. The molecule has 0 aliphatic rings. The van der Waals surface area contributed by atoms with E-state index in [1.165, 1.54) is 0 Å². The maximum atomic E-state index is 11.3. The number of likely N-dealkylation sites (N-methyl/N-ethyl adjacent to an activating group) is 1. The SMILES string of the molecule is CN(C)C(CNC(=O)/C=C/C(=O)O)c1ccco1. The van der Waals surface area contributed by atoms with Crippen molar-refractivity contribution in [2.75, 3.05) is 20.6 Å². The number of aliphatic carboxylic acids is 1. The van der Waals surface area contributed by atoms with Gasteiger partial charge in [0.25, 0.3) is 0 Å². The third kappa shape index (κ3) is 4.42. The van der Waals surface area contributed by atoms with Gasteiger partial charge in [0.05, 0.1) is 12.3 Å². The van der Waals surface area contributed by atoms with Crippen LogP contribution in [-0.2, 0) is 9.59 Å². The summed E-state index contributed by atoms with van der Waals surface area (Å²) in [7, 11) is 3.73. The molecule has 0 saturated carbocycles. The number of carbonyl (C=O) groups is 2. The number of hydrogen-bond acceptors (Lipinski definition) is 4. The van der Waals surface area contributed by atoms with E-state index in [-0.39, 0.29) is 6.04 Å². The van der Waals surface area contributed by atoms with Crippen LogP contribution in [0.15, 0.2) is 35.0 Å². The minimum atomic E-state index is -1.15. The maximum absolute atomic E-state index is 11.3. The quantitative estimate of drug-likeness (QED) is 0.726. The molecule has 1 atom stereocenters. The zero-order valence-corrected chi connectivity index (χ0v) is 10.3. The van der Waals surface area contributed by atoms with Crippen molar-refractivity contribution in [3.05, 3.63) is 36.3 Å². The number of carbonyl (C=O) groups excluding carboxylic acids is 1. The van der Waals surface area contributed by atoms with Gasteiger partial charge in [-0.15, -0.1) is 0 Å². The standard InChI is InChI=1S/C12H16N2O4/c1-14(2)9(10-4-3-7-18-10)8-13-11(15)5-6-12(16)17/h3-7,9H,8H2,1-2H3,(H,13,15)(H,16,17)/b6-5+. The Morgan fingerprint density at radius 2 is 2.22 bits per heavy atom. The fourth-order valence-corrected chi connectivity index (χ4v) is 1.42. The topological polar surface area (TPSA) is 82.8 Å². The molecular weight excluding hydrogens is 236 g/mol. The second kappa shape index (κ2) is 6.61. The molecule has 0 bridgehead atoms. The predicted molar refractivity (Wildman–Crippen MR) is 64.9 cm³/mol. The monoisotopic (exact) mass is 252 g/mol. The van der Waals surface area contributed by atoms with Crippen LogP contribution in [0.3, 0.4) is 0 Å². The Balaban J connectivity index is 2.54. The maximum Gasteiger partial charge on any atom is 0.328 e. The summed E-state index contributed by atoms with van der Waals surface area (Å²) in [4.78, 5) is 23.5. The summed E-state index contributed by atoms with van der Waals surface area (Å²) in [6, 6.07) is 3.50. The summed E-state index contributed by atoms with van der Waals surface area (Å²) in [6.07, 6.45) is 3.35. The highest BCUT2D eigenvalue weighted by Crippen LogP contribution is 2.17. The summed E-state index contributed by atoms with van der Waals surface area (Å²) in [5.74, 6) is -0.862. The first-order valence-corrected chi connectivity index (χ1v) is 5.39. The lowest BCUT2D eigenvalue weighted by Gasteiger charge is -2.22. The van der Waals surface area contributed by atoms with Gasteiger partial charge in [-0.1, -0.05) is 0 Å². The lowest BCUT2D eigenvalue weighted by molar-refractivity contribution is -0.131. The van der Waals surface area contributed by atoms with E-state index in [2.05, 4.69) is 5.32 Å². The lowest BCUT2D eigenvalue weighted by atomic mass is 10.2. The molecule has 2 N–H and O–H groups in total. The first-order chi connectivity index (χ1) is 8.50. The van der Waals surface area contributed by atoms with Crippen molar-refractivity contribution in [2.24, 2.45) is 0 Å². The highest BCUT2D eigenvalue weighted by Gasteiger charge is 2.17. The number of hydrogen-bond donors (Lipinski definition) is 2. The average molecular weight is 252 g/mol. The largest absolute Gasteiger partial charge is 0.478 e. The van der Waals surface area contributed by atoms with E-state index in [1.807, 2.05) is 25.1 Å². The van der Waals surface area contributed by atoms with Crippen LogP contribution in [0.2, 0.25) is 0 Å². The molecule has 1 rings (SSSR count). The van der Waals surface area contributed by atoms with Crippen LogP contribution in [0.1, 0.15) is 11.8 Å². The third-order valence-electron chi connectivity index (χ3n) is 2.34. The number of carboxylic acids is 1. The molecule has 1 aromatic heterocycles. The molecule has 1 aromatic rings. The minimum Gasteiger partial charge on any atom is -0.478 e. The number of nitrogens with one attached hydrogen (secondary N) is 1. The number of carboxylic acid groups (broad SMARTS) is 1. The zero-order chi connectivity index (χ0) is 13.5. The Morgan fingerprint density at radius 1 is 1.50 bits per heavy atom. The van der Waals surface area contributed by atoms with Gasteiger partial charge in [-0.2, -0.15) is 0 Å². The van der Waals surface area contributed by atoms with Gasteiger partial charge in [-0.05, 0) is 26.2 Å². The van der Waals surface area contributed by atoms with E-state index in [0.29, 0.717) is 6.54 Å². The summed E-state index contributed by atoms with van der Waals surface area (Å²) >= 11 is 0. The number of furan rings is 1. The Morgan fingerprint density at radius 3 is 2.72 bits per heavy atom. The molecular formula is C12H16N2O4.